The van der Waals surface area contributed by atoms with Gasteiger partial charge in [-0.3, -0.25) is 9.69 Å². The monoisotopic (exact) mass is 571 g/mol. The molecule has 0 atom stereocenters. The van der Waals surface area contributed by atoms with Crippen LogP contribution in [0.2, 0.25) is 0 Å². The van der Waals surface area contributed by atoms with Gasteiger partial charge >= 0.3 is 6.18 Å². The molecule has 3 aromatic heterocycles. The average Bonchev–Trinajstić information content (AvgIpc) is 3.40. The number of carbonyl (C=O) groups excluding carboxylic acids is 1. The van der Waals surface area contributed by atoms with Gasteiger partial charge in [0.2, 0.25) is 0 Å². The number of rotatable bonds is 7. The third-order valence-electron chi connectivity index (χ3n) is 6.49. The standard InChI is InChI=1S/C26H25F4N9O2/c1-37-9-11-38(12-10-37)15-18-20(6-8-32-24(18)31)41-21-5-4-16(13-19(21)27)35-25(40)17-14-34-39(23(17)26(28,29)30)22-3-2-7-33-36-22/h2-8,13-14H,9-12,15H2,1H3,(H2,31,32)(H,35,40). The van der Waals surface area contributed by atoms with Gasteiger partial charge in [0, 0.05) is 56.9 Å². The van der Waals surface area contributed by atoms with E-state index in [2.05, 4.69) is 35.4 Å². The quantitative estimate of drug-likeness (QED) is 0.320. The number of nitrogens with one attached hydrogen (secondary N) is 1. The van der Waals surface area contributed by atoms with Gasteiger partial charge in [0.15, 0.2) is 23.1 Å². The first-order valence-electron chi connectivity index (χ1n) is 12.5. The minimum Gasteiger partial charge on any atom is -0.454 e. The summed E-state index contributed by atoms with van der Waals surface area (Å²) in [5, 5.41) is 13.1. The first-order chi connectivity index (χ1) is 19.6. The average molecular weight is 572 g/mol. The molecule has 0 saturated carbocycles. The number of alkyl halides is 3. The molecule has 5 rings (SSSR count). The van der Waals surface area contributed by atoms with E-state index in [1.165, 1.54) is 36.7 Å². The molecule has 4 aromatic rings. The normalized spacial score (nSPS) is 14.7. The van der Waals surface area contributed by atoms with Gasteiger partial charge < -0.3 is 20.7 Å². The first kappa shape index (κ1) is 27.9. The van der Waals surface area contributed by atoms with Crippen molar-refractivity contribution in [2.45, 2.75) is 12.7 Å². The lowest BCUT2D eigenvalue weighted by Gasteiger charge is -2.32. The number of amides is 1. The molecule has 1 aliphatic rings. The van der Waals surface area contributed by atoms with Crippen molar-refractivity contribution >= 4 is 17.4 Å². The minimum atomic E-state index is -4.95. The number of pyridine rings is 1. The van der Waals surface area contributed by atoms with Gasteiger partial charge in [0.25, 0.3) is 5.91 Å². The van der Waals surface area contributed by atoms with E-state index in [4.69, 9.17) is 10.5 Å². The Labute approximate surface area is 231 Å². The maximum Gasteiger partial charge on any atom is 0.434 e. The molecule has 0 radical (unpaired) electrons. The number of nitrogens with zero attached hydrogens (tertiary/aromatic N) is 7. The van der Waals surface area contributed by atoms with E-state index in [0.29, 0.717) is 22.5 Å². The number of nitrogen functional groups attached to an aromatic ring is 1. The zero-order valence-corrected chi connectivity index (χ0v) is 21.8. The van der Waals surface area contributed by atoms with Crippen molar-refractivity contribution in [2.24, 2.45) is 0 Å². The van der Waals surface area contributed by atoms with E-state index in [1.54, 1.807) is 6.07 Å². The van der Waals surface area contributed by atoms with Crippen LogP contribution in [0.4, 0.5) is 29.1 Å². The fourth-order valence-corrected chi connectivity index (χ4v) is 4.32. The Balaban J connectivity index is 1.34. The molecule has 1 aliphatic heterocycles. The number of ether oxygens (including phenoxy) is 1. The molecule has 4 heterocycles. The summed E-state index contributed by atoms with van der Waals surface area (Å²) in [4.78, 5) is 21.4. The number of hydrogen-bond donors (Lipinski definition) is 2. The van der Waals surface area contributed by atoms with Crippen molar-refractivity contribution in [1.29, 1.82) is 0 Å². The van der Waals surface area contributed by atoms with E-state index < -0.39 is 29.2 Å². The van der Waals surface area contributed by atoms with Gasteiger partial charge in [0.1, 0.15) is 11.6 Å². The molecule has 11 nitrogen and oxygen atoms in total. The number of anilines is 2. The number of hydrogen-bond acceptors (Lipinski definition) is 9. The van der Waals surface area contributed by atoms with Crippen molar-refractivity contribution < 1.29 is 27.1 Å². The summed E-state index contributed by atoms with van der Waals surface area (Å²) in [6.45, 7) is 3.89. The van der Waals surface area contributed by atoms with Crippen LogP contribution in [0, 0.1) is 5.82 Å². The van der Waals surface area contributed by atoms with Crippen LogP contribution in [0.1, 0.15) is 21.6 Å². The topological polar surface area (TPSA) is 127 Å². The SMILES string of the molecule is CN1CCN(Cc2c(Oc3ccc(NC(=O)c4cnn(-c5cccnn5)c4C(F)(F)F)cc3F)ccnc2N)CC1. The van der Waals surface area contributed by atoms with Crippen molar-refractivity contribution in [3.05, 3.63) is 77.6 Å². The highest BCUT2D eigenvalue weighted by Crippen LogP contribution is 2.35. The molecule has 1 aromatic carbocycles. The fraction of sp³-hybridized carbons (Fsp3) is 0.269. The van der Waals surface area contributed by atoms with E-state index >= 15 is 4.39 Å². The molecule has 0 aliphatic carbocycles. The number of nitrogens with two attached hydrogens (primary N) is 1. The molecule has 15 heteroatoms. The Bertz CT molecular complexity index is 1540. The van der Waals surface area contributed by atoms with Gasteiger partial charge in [-0.1, -0.05) is 0 Å². The van der Waals surface area contributed by atoms with E-state index in [1.807, 2.05) is 7.05 Å². The summed E-state index contributed by atoms with van der Waals surface area (Å²) >= 11 is 0. The number of benzene rings is 1. The molecular weight excluding hydrogens is 546 g/mol. The lowest BCUT2D eigenvalue weighted by molar-refractivity contribution is -0.143. The Morgan fingerprint density at radius 1 is 1.10 bits per heavy atom. The Kier molecular flexibility index (Phi) is 7.81. The maximum absolute atomic E-state index is 15.1. The summed E-state index contributed by atoms with van der Waals surface area (Å²) < 4.78 is 63.0. The Morgan fingerprint density at radius 3 is 2.56 bits per heavy atom. The van der Waals surface area contributed by atoms with Crippen LogP contribution in [-0.4, -0.2) is 73.9 Å². The zero-order chi connectivity index (χ0) is 29.1. The summed E-state index contributed by atoms with van der Waals surface area (Å²) in [6.07, 6.45) is -1.45. The molecule has 3 N–H and O–H groups in total. The summed E-state index contributed by atoms with van der Waals surface area (Å²) in [5.74, 6) is -1.81. The molecule has 1 saturated heterocycles. The molecule has 1 amide bonds. The number of likely N-dealkylation sites (N-methyl/N-ethyl adjacent to an activating group) is 1. The smallest absolute Gasteiger partial charge is 0.434 e. The van der Waals surface area contributed by atoms with Gasteiger partial charge in [-0.2, -0.15) is 23.4 Å². The Hall–Kier alpha value is -4.63. The third-order valence-corrected chi connectivity index (χ3v) is 6.49. The van der Waals surface area contributed by atoms with Crippen LogP contribution < -0.4 is 15.8 Å². The minimum absolute atomic E-state index is 0.0906. The van der Waals surface area contributed by atoms with Crippen LogP contribution in [0.3, 0.4) is 0 Å². The summed E-state index contributed by atoms with van der Waals surface area (Å²) in [5.41, 5.74) is 4.50. The second kappa shape index (κ2) is 11.5. The predicted octanol–water partition coefficient (Wildman–Crippen LogP) is 3.59. The van der Waals surface area contributed by atoms with Gasteiger partial charge in [0.05, 0.1) is 17.3 Å². The van der Waals surface area contributed by atoms with Gasteiger partial charge in [-0.05, 0) is 37.4 Å². The van der Waals surface area contributed by atoms with Crippen LogP contribution >= 0.6 is 0 Å². The molecular formula is C26H25F4N9O2. The van der Waals surface area contributed by atoms with Crippen molar-refractivity contribution in [2.75, 3.05) is 44.3 Å². The maximum atomic E-state index is 15.1. The lowest BCUT2D eigenvalue weighted by Crippen LogP contribution is -2.44. The predicted molar refractivity (Wildman–Crippen MR) is 140 cm³/mol. The van der Waals surface area contributed by atoms with E-state index in [9.17, 15) is 18.0 Å². The molecule has 41 heavy (non-hydrogen) atoms. The highest BCUT2D eigenvalue weighted by atomic mass is 19.4. The largest absolute Gasteiger partial charge is 0.454 e. The summed E-state index contributed by atoms with van der Waals surface area (Å²) in [7, 11) is 2.04. The Morgan fingerprint density at radius 2 is 1.88 bits per heavy atom. The number of halogens is 4. The molecule has 0 spiro atoms. The molecule has 0 bridgehead atoms. The van der Waals surface area contributed by atoms with Crippen molar-refractivity contribution in [3.8, 4) is 17.3 Å². The molecule has 214 valence electrons. The highest BCUT2D eigenvalue weighted by molar-refractivity contribution is 6.05. The number of carbonyl (C=O) groups is 1. The summed E-state index contributed by atoms with van der Waals surface area (Å²) in [6, 6.07) is 7.72. The lowest BCUT2D eigenvalue weighted by atomic mass is 10.2. The molecule has 0 unspecified atom stereocenters. The number of piperazine rings is 1. The molecule has 1 fully saturated rings. The van der Waals surface area contributed by atoms with E-state index in [-0.39, 0.29) is 23.1 Å². The zero-order valence-electron chi connectivity index (χ0n) is 21.8. The number of aromatic nitrogens is 5. The first-order valence-corrected chi connectivity index (χ1v) is 12.5. The fourth-order valence-electron chi connectivity index (χ4n) is 4.32. The van der Waals surface area contributed by atoms with Crippen molar-refractivity contribution in [3.63, 3.8) is 0 Å². The van der Waals surface area contributed by atoms with Crippen molar-refractivity contribution in [1.82, 2.24) is 34.8 Å². The van der Waals surface area contributed by atoms with Gasteiger partial charge in [-0.15, -0.1) is 5.10 Å². The van der Waals surface area contributed by atoms with Crippen LogP contribution in [0.25, 0.3) is 5.82 Å². The highest BCUT2D eigenvalue weighted by Gasteiger charge is 2.41. The van der Waals surface area contributed by atoms with Crippen LogP contribution in [-0.2, 0) is 12.7 Å². The van der Waals surface area contributed by atoms with E-state index in [0.717, 1.165) is 38.4 Å². The second-order valence-corrected chi connectivity index (χ2v) is 9.35. The second-order valence-electron chi connectivity index (χ2n) is 9.35. The van der Waals surface area contributed by atoms with Gasteiger partial charge in [-0.25, -0.2) is 14.1 Å². The third kappa shape index (κ3) is 6.25. The van der Waals surface area contributed by atoms with Crippen LogP contribution in [0.15, 0.2) is 55.0 Å². The van der Waals surface area contributed by atoms with Crippen LogP contribution in [0.5, 0.6) is 11.5 Å².